The van der Waals surface area contributed by atoms with Gasteiger partial charge in [-0.15, -0.1) is 0 Å². The Morgan fingerprint density at radius 3 is 2.63 bits per heavy atom. The molecule has 0 aromatic rings. The Bertz CT molecular complexity index is 286. The molecule has 1 aliphatic rings. The number of rotatable bonds is 4. The Balaban J connectivity index is 2.19. The van der Waals surface area contributed by atoms with Gasteiger partial charge in [-0.2, -0.15) is 0 Å². The molecule has 4 nitrogen and oxygen atoms in total. The van der Waals surface area contributed by atoms with Crippen LogP contribution in [0.25, 0.3) is 0 Å². The van der Waals surface area contributed by atoms with Crippen LogP contribution in [0.5, 0.6) is 0 Å². The summed E-state index contributed by atoms with van der Waals surface area (Å²) in [7, 11) is 1.79. The van der Waals surface area contributed by atoms with Gasteiger partial charge in [-0.3, -0.25) is 0 Å². The van der Waals surface area contributed by atoms with Gasteiger partial charge in [0.1, 0.15) is 5.60 Å². The molecule has 2 unspecified atom stereocenters. The van der Waals surface area contributed by atoms with Gasteiger partial charge >= 0.3 is 6.09 Å². The third-order valence-corrected chi connectivity index (χ3v) is 3.52. The van der Waals surface area contributed by atoms with Crippen molar-refractivity contribution in [2.45, 2.75) is 65.0 Å². The van der Waals surface area contributed by atoms with Crippen LogP contribution in [-0.2, 0) is 4.74 Å². The van der Waals surface area contributed by atoms with E-state index in [1.54, 1.807) is 11.9 Å². The fourth-order valence-corrected chi connectivity index (χ4v) is 2.49. The van der Waals surface area contributed by atoms with Crippen LogP contribution in [0.2, 0.25) is 0 Å². The van der Waals surface area contributed by atoms with Crippen molar-refractivity contribution in [2.24, 2.45) is 5.92 Å². The molecule has 0 radical (unpaired) electrons. The molecule has 1 fully saturated rings. The molecule has 0 heterocycles. The standard InChI is InChI=1S/C15H30N2O2/c1-12-7-6-8-13(11-12)16-9-10-17(5)14(18)19-15(2,3)4/h12-13,16H,6-11H2,1-5H3. The molecule has 4 heteroatoms. The molecule has 1 aliphatic carbocycles. The second kappa shape index (κ2) is 7.13. The van der Waals surface area contributed by atoms with Crippen molar-refractivity contribution in [3.63, 3.8) is 0 Å². The van der Waals surface area contributed by atoms with E-state index in [0.29, 0.717) is 12.6 Å². The molecular formula is C15H30N2O2. The maximum atomic E-state index is 11.8. The van der Waals surface area contributed by atoms with Crippen molar-refractivity contribution < 1.29 is 9.53 Å². The zero-order valence-electron chi connectivity index (χ0n) is 13.2. The maximum Gasteiger partial charge on any atom is 0.410 e. The highest BCUT2D eigenvalue weighted by atomic mass is 16.6. The number of hydrogen-bond acceptors (Lipinski definition) is 3. The number of carbonyl (C=O) groups excluding carboxylic acids is 1. The van der Waals surface area contributed by atoms with E-state index in [1.165, 1.54) is 25.7 Å². The van der Waals surface area contributed by atoms with E-state index >= 15 is 0 Å². The van der Waals surface area contributed by atoms with E-state index < -0.39 is 5.60 Å². The summed E-state index contributed by atoms with van der Waals surface area (Å²) < 4.78 is 5.32. The first-order valence-corrected chi connectivity index (χ1v) is 7.45. The molecule has 0 spiro atoms. The lowest BCUT2D eigenvalue weighted by Crippen LogP contribution is -2.41. The third-order valence-electron chi connectivity index (χ3n) is 3.52. The minimum Gasteiger partial charge on any atom is -0.444 e. The number of hydrogen-bond donors (Lipinski definition) is 1. The van der Waals surface area contributed by atoms with Crippen LogP contribution in [0.4, 0.5) is 4.79 Å². The molecule has 0 saturated heterocycles. The van der Waals surface area contributed by atoms with Crippen molar-refractivity contribution in [3.8, 4) is 0 Å². The van der Waals surface area contributed by atoms with E-state index in [9.17, 15) is 4.79 Å². The molecule has 0 aliphatic heterocycles. The van der Waals surface area contributed by atoms with Gasteiger partial charge in [0.2, 0.25) is 0 Å². The molecule has 2 atom stereocenters. The minimum absolute atomic E-state index is 0.244. The lowest BCUT2D eigenvalue weighted by Gasteiger charge is -2.29. The SMILES string of the molecule is CC1CCCC(NCCN(C)C(=O)OC(C)(C)C)C1. The Labute approximate surface area is 117 Å². The summed E-state index contributed by atoms with van der Waals surface area (Å²) in [4.78, 5) is 13.4. The van der Waals surface area contributed by atoms with Crippen LogP contribution in [0.15, 0.2) is 0 Å². The van der Waals surface area contributed by atoms with Crippen LogP contribution in [0.1, 0.15) is 53.4 Å². The summed E-state index contributed by atoms with van der Waals surface area (Å²) in [5.74, 6) is 0.829. The number of ether oxygens (including phenoxy) is 1. The van der Waals surface area contributed by atoms with Gasteiger partial charge in [-0.05, 0) is 39.5 Å². The highest BCUT2D eigenvalue weighted by Gasteiger charge is 2.21. The van der Waals surface area contributed by atoms with Crippen LogP contribution in [0.3, 0.4) is 0 Å². The van der Waals surface area contributed by atoms with Gasteiger partial charge in [-0.25, -0.2) is 4.79 Å². The van der Waals surface area contributed by atoms with Gasteiger partial charge in [0, 0.05) is 26.2 Å². The van der Waals surface area contributed by atoms with Gasteiger partial charge in [-0.1, -0.05) is 19.8 Å². The Hall–Kier alpha value is -0.770. The number of amides is 1. The van der Waals surface area contributed by atoms with Crippen molar-refractivity contribution in [1.82, 2.24) is 10.2 Å². The van der Waals surface area contributed by atoms with E-state index in [1.807, 2.05) is 20.8 Å². The summed E-state index contributed by atoms with van der Waals surface area (Å²) >= 11 is 0. The van der Waals surface area contributed by atoms with Gasteiger partial charge in [0.15, 0.2) is 0 Å². The Morgan fingerprint density at radius 1 is 1.37 bits per heavy atom. The van der Waals surface area contributed by atoms with Gasteiger partial charge in [0.05, 0.1) is 0 Å². The smallest absolute Gasteiger partial charge is 0.410 e. The predicted molar refractivity (Wildman–Crippen MR) is 78.3 cm³/mol. The number of carbonyl (C=O) groups is 1. The normalized spacial score (nSPS) is 24.1. The fraction of sp³-hybridized carbons (Fsp3) is 0.933. The lowest BCUT2D eigenvalue weighted by molar-refractivity contribution is 0.0298. The minimum atomic E-state index is -0.419. The molecule has 19 heavy (non-hydrogen) atoms. The van der Waals surface area contributed by atoms with E-state index in [-0.39, 0.29) is 6.09 Å². The zero-order chi connectivity index (χ0) is 14.5. The first-order valence-electron chi connectivity index (χ1n) is 7.45. The summed E-state index contributed by atoms with van der Waals surface area (Å²) in [6.07, 6.45) is 4.96. The van der Waals surface area contributed by atoms with E-state index in [0.717, 1.165) is 12.5 Å². The van der Waals surface area contributed by atoms with E-state index in [4.69, 9.17) is 4.74 Å². The van der Waals surface area contributed by atoms with Gasteiger partial charge in [0.25, 0.3) is 0 Å². The number of nitrogens with zero attached hydrogens (tertiary/aromatic N) is 1. The molecule has 1 saturated carbocycles. The quantitative estimate of drug-likeness (QED) is 0.854. The van der Waals surface area contributed by atoms with Crippen molar-refractivity contribution >= 4 is 6.09 Å². The number of likely N-dealkylation sites (N-methyl/N-ethyl adjacent to an activating group) is 1. The summed E-state index contributed by atoms with van der Waals surface area (Å²) in [5.41, 5.74) is -0.419. The third kappa shape index (κ3) is 6.81. The van der Waals surface area contributed by atoms with Crippen molar-refractivity contribution in [2.75, 3.05) is 20.1 Å². The maximum absolute atomic E-state index is 11.8. The largest absolute Gasteiger partial charge is 0.444 e. The second-order valence-electron chi connectivity index (χ2n) is 6.82. The average molecular weight is 270 g/mol. The van der Waals surface area contributed by atoms with Crippen LogP contribution in [0, 0.1) is 5.92 Å². The highest BCUT2D eigenvalue weighted by molar-refractivity contribution is 5.67. The topological polar surface area (TPSA) is 41.6 Å². The van der Waals surface area contributed by atoms with Crippen molar-refractivity contribution in [3.05, 3.63) is 0 Å². The predicted octanol–water partition coefficient (Wildman–Crippen LogP) is 3.02. The molecule has 1 N–H and O–H groups in total. The molecule has 0 bridgehead atoms. The molecule has 1 amide bonds. The van der Waals surface area contributed by atoms with Gasteiger partial charge < -0.3 is 15.0 Å². The molecule has 1 rings (SSSR count). The number of nitrogens with one attached hydrogen (secondary N) is 1. The van der Waals surface area contributed by atoms with Crippen LogP contribution < -0.4 is 5.32 Å². The monoisotopic (exact) mass is 270 g/mol. The fourth-order valence-electron chi connectivity index (χ4n) is 2.49. The van der Waals surface area contributed by atoms with E-state index in [2.05, 4.69) is 12.2 Å². The average Bonchev–Trinajstić information content (AvgIpc) is 2.26. The second-order valence-corrected chi connectivity index (χ2v) is 6.82. The first-order chi connectivity index (χ1) is 8.78. The molecule has 112 valence electrons. The Morgan fingerprint density at radius 2 is 2.05 bits per heavy atom. The summed E-state index contributed by atoms with van der Waals surface area (Å²) in [6, 6.07) is 0.621. The lowest BCUT2D eigenvalue weighted by atomic mass is 9.87. The molecular weight excluding hydrogens is 240 g/mol. The molecule has 0 aromatic heterocycles. The first kappa shape index (κ1) is 16.3. The summed E-state index contributed by atoms with van der Waals surface area (Å²) in [5, 5.41) is 3.55. The Kier molecular flexibility index (Phi) is 6.11. The van der Waals surface area contributed by atoms with Crippen LogP contribution in [-0.4, -0.2) is 42.8 Å². The molecule has 0 aromatic carbocycles. The van der Waals surface area contributed by atoms with Crippen molar-refractivity contribution in [1.29, 1.82) is 0 Å². The van der Waals surface area contributed by atoms with Crippen LogP contribution >= 0.6 is 0 Å². The highest BCUT2D eigenvalue weighted by Crippen LogP contribution is 2.23. The zero-order valence-corrected chi connectivity index (χ0v) is 13.2. The summed E-state index contributed by atoms with van der Waals surface area (Å²) in [6.45, 7) is 9.52.